The van der Waals surface area contributed by atoms with Crippen LogP contribution in [0.4, 0.5) is 0 Å². The zero-order valence-electron chi connectivity index (χ0n) is 14.6. The summed E-state index contributed by atoms with van der Waals surface area (Å²) in [4.78, 5) is 25.7. The molecule has 2 unspecified atom stereocenters. The number of ether oxygens (including phenoxy) is 1. The number of phenols is 1. The number of aldehydes is 1. The number of carbonyl (C=O) groups excluding carboxylic acids is 2. The molecule has 0 radical (unpaired) electrons. The van der Waals surface area contributed by atoms with E-state index in [9.17, 15) is 14.7 Å². The molecule has 0 aliphatic carbocycles. The van der Waals surface area contributed by atoms with Gasteiger partial charge in [-0.1, -0.05) is 0 Å². The van der Waals surface area contributed by atoms with Gasteiger partial charge in [0.2, 0.25) is 0 Å². The molecule has 0 spiro atoms. The molecule has 1 aliphatic heterocycles. The molecule has 1 amide bonds. The summed E-state index contributed by atoms with van der Waals surface area (Å²) >= 11 is -0.879. The zero-order valence-corrected chi connectivity index (χ0v) is 19.3. The summed E-state index contributed by atoms with van der Waals surface area (Å²) in [6.07, 6.45) is 1.65. The fraction of sp³-hybridized carbons (Fsp3) is 0.556. The van der Waals surface area contributed by atoms with Gasteiger partial charge in [-0.3, -0.25) is 0 Å². The van der Waals surface area contributed by atoms with Crippen LogP contribution in [0, 0.1) is 51.5 Å². The molecule has 1 aromatic carbocycles. The summed E-state index contributed by atoms with van der Waals surface area (Å²) in [5.74, 6) is 0.791. The van der Waals surface area contributed by atoms with Crippen molar-refractivity contribution in [1.82, 2.24) is 4.90 Å². The minimum absolute atomic E-state index is 0.0587. The summed E-state index contributed by atoms with van der Waals surface area (Å²) in [6, 6.07) is 5.01. The second-order valence-electron chi connectivity index (χ2n) is 6.63. The summed E-state index contributed by atoms with van der Waals surface area (Å²) < 4.78 is 8.24. The van der Waals surface area contributed by atoms with Crippen LogP contribution in [0.25, 0.3) is 0 Å². The third-order valence-corrected chi connectivity index (χ3v) is 11.3. The zero-order chi connectivity index (χ0) is 17.7. The van der Waals surface area contributed by atoms with Crippen molar-refractivity contribution in [2.75, 3.05) is 13.7 Å². The maximum absolute atomic E-state index is 12.7. The number of hydrogen-bond acceptors (Lipinski definition) is 4. The molecule has 1 fully saturated rings. The molecule has 0 aromatic heterocycles. The van der Waals surface area contributed by atoms with Crippen LogP contribution < -0.4 is 4.74 Å². The van der Waals surface area contributed by atoms with E-state index in [2.05, 4.69) is 0 Å². The average molecular weight is 546 g/mol. The van der Waals surface area contributed by atoms with Gasteiger partial charge in [0, 0.05) is 0 Å². The van der Waals surface area contributed by atoms with Crippen molar-refractivity contribution in [2.45, 2.75) is 29.5 Å². The van der Waals surface area contributed by atoms with E-state index in [1.165, 1.54) is 7.67 Å². The van der Waals surface area contributed by atoms with Crippen LogP contribution in [0.2, 0.25) is 3.20 Å². The van der Waals surface area contributed by atoms with Gasteiger partial charge < -0.3 is 0 Å². The molecule has 6 heteroatoms. The predicted molar refractivity (Wildman–Crippen MR) is 88.1 cm³/mol. The minimum atomic E-state index is -0.879. The first-order valence-corrected chi connectivity index (χ1v) is 15.1. The number of aromatic hydroxyl groups is 1. The van der Waals surface area contributed by atoms with Crippen LogP contribution in [0.1, 0.15) is 30.6 Å². The Bertz CT molecular complexity index is 590. The van der Waals surface area contributed by atoms with E-state index in [0.29, 0.717) is 18.6 Å². The van der Waals surface area contributed by atoms with E-state index in [1.807, 2.05) is 25.8 Å². The molecule has 2 rings (SSSR count). The fourth-order valence-electron chi connectivity index (χ4n) is 3.01. The number of carbonyl (C=O) groups is 2. The number of phenolic OH excluding ortho intramolecular Hbond substituents is 1. The van der Waals surface area contributed by atoms with Gasteiger partial charge in [-0.15, -0.1) is 0 Å². The third kappa shape index (κ3) is 4.73. The molecule has 0 bridgehead atoms. The first-order valence-electron chi connectivity index (χ1n) is 8.44. The van der Waals surface area contributed by atoms with Gasteiger partial charge in [-0.25, -0.2) is 0 Å². The molecule has 1 heterocycles. The van der Waals surface area contributed by atoms with Gasteiger partial charge in [0.25, 0.3) is 0 Å². The standard InChI is InChI=1S/C18H25NO4.Ac/c1-6-14(13(4)18(22)19(5)12(2)3)11-23-17-9-7-8-16(21)15(17)10-20;/h7-10,12-14,21H,1,4,6,11H2,2-3,5H3;. The van der Waals surface area contributed by atoms with Crippen LogP contribution >= 0.6 is 0 Å². The topological polar surface area (TPSA) is 66.8 Å². The first kappa shape index (κ1) is 19.7. The Morgan fingerprint density at radius 3 is 2.92 bits per heavy atom. The van der Waals surface area contributed by atoms with E-state index < -0.39 is 39.7 Å². The first-order chi connectivity index (χ1) is 11.5. The number of amides is 1. The van der Waals surface area contributed by atoms with Gasteiger partial charge in [-0.2, -0.15) is 0 Å². The van der Waals surface area contributed by atoms with Crippen molar-refractivity contribution in [1.29, 1.82) is 0 Å². The van der Waals surface area contributed by atoms with E-state index in [0.717, 1.165) is 8.02 Å². The van der Waals surface area contributed by atoms with Crippen LogP contribution in [0.3, 0.4) is 0 Å². The normalized spacial score (nSPS) is 20.0. The molecule has 0 saturated carbocycles. The number of hydrogen-bond donors (Lipinski definition) is 1. The predicted octanol–water partition coefficient (Wildman–Crippen LogP) is 3.01. The molecule has 5 nitrogen and oxygen atoms in total. The Hall–Kier alpha value is -0.598. The van der Waals surface area contributed by atoms with Gasteiger partial charge in [-0.05, 0) is 0 Å². The van der Waals surface area contributed by atoms with Crippen LogP contribution in [0.15, 0.2) is 18.2 Å². The summed E-state index contributed by atoms with van der Waals surface area (Å²) in [5, 5.41) is 9.74. The van der Waals surface area contributed by atoms with Crippen LogP contribution in [-0.2, 0) is 4.79 Å². The van der Waals surface area contributed by atoms with E-state index in [4.69, 9.17) is 4.74 Å². The second-order valence-corrected chi connectivity index (χ2v) is 13.3. The molecule has 1 aliphatic rings. The Morgan fingerprint density at radius 1 is 1.50 bits per heavy atom. The Kier molecular flexibility index (Phi) is 7.56. The van der Waals surface area contributed by atoms with E-state index in [1.54, 1.807) is 12.1 Å². The van der Waals surface area contributed by atoms with Crippen molar-refractivity contribution in [3.8, 4) is 11.5 Å². The fourth-order valence-corrected chi connectivity index (χ4v) is 10.6. The molecular formula is C18H25AcNO4. The average Bonchev–Trinajstić information content (AvgIpc) is 2.58. The molecule has 1 aromatic rings. The molecule has 24 heavy (non-hydrogen) atoms. The van der Waals surface area contributed by atoms with E-state index >= 15 is 0 Å². The molecule has 1 N–H and O–H groups in total. The van der Waals surface area contributed by atoms with Gasteiger partial charge in [0.15, 0.2) is 0 Å². The van der Waals surface area contributed by atoms with Crippen molar-refractivity contribution < 1.29 is 59.1 Å². The van der Waals surface area contributed by atoms with Crippen molar-refractivity contribution in [3.05, 3.63) is 23.8 Å². The van der Waals surface area contributed by atoms with Crippen LogP contribution in [-0.4, -0.2) is 41.9 Å². The number of benzene rings is 1. The van der Waals surface area contributed by atoms with Crippen molar-refractivity contribution in [3.63, 3.8) is 0 Å². The Balaban J connectivity index is 2.08. The second kappa shape index (κ2) is 9.20. The third-order valence-electron chi connectivity index (χ3n) is 4.78. The monoisotopic (exact) mass is 546 g/mol. The van der Waals surface area contributed by atoms with E-state index in [-0.39, 0.29) is 35.1 Å². The molecule has 2 atom stereocenters. The molecule has 1 saturated heterocycles. The summed E-state index contributed by atoms with van der Waals surface area (Å²) in [5.41, 5.74) is 0.176. The SMILES string of the molecule is CC(C)N(C)C(=O)C1[CH2][Ac][CH2]CC1COc1cccc(O)c1C=O. The number of nitrogens with zero attached hydrogens (tertiary/aromatic N) is 1. The Labute approximate surface area is 165 Å². The van der Waals surface area contributed by atoms with Gasteiger partial charge >= 0.3 is 166 Å². The summed E-state index contributed by atoms with van der Waals surface area (Å²) in [7, 11) is 1.87. The van der Waals surface area contributed by atoms with Gasteiger partial charge in [0.05, 0.1) is 0 Å². The maximum atomic E-state index is 12.7. The quantitative estimate of drug-likeness (QED) is 0.558. The van der Waals surface area contributed by atoms with Gasteiger partial charge in [0.1, 0.15) is 0 Å². The Morgan fingerprint density at radius 2 is 2.25 bits per heavy atom. The van der Waals surface area contributed by atoms with Crippen molar-refractivity contribution >= 4 is 12.2 Å². The summed E-state index contributed by atoms with van der Waals surface area (Å²) in [6.45, 7) is 4.47. The number of rotatable bonds is 6. The molecular weight excluding hydrogens is 521 g/mol. The van der Waals surface area contributed by atoms with Crippen LogP contribution in [0.5, 0.6) is 11.5 Å². The van der Waals surface area contributed by atoms with Crippen molar-refractivity contribution in [2.24, 2.45) is 11.8 Å². The molecule has 129 valence electrons.